The van der Waals surface area contributed by atoms with Crippen LogP contribution in [-0.2, 0) is 10.0 Å². The first-order chi connectivity index (χ1) is 10.0. The Morgan fingerprint density at radius 3 is 2.76 bits per heavy atom. The lowest BCUT2D eigenvalue weighted by molar-refractivity contribution is 0.601. The summed E-state index contributed by atoms with van der Waals surface area (Å²) in [6, 6.07) is 4.62. The molecule has 2 aromatic heterocycles. The Hall–Kier alpha value is -2.15. The van der Waals surface area contributed by atoms with Crippen molar-refractivity contribution in [2.45, 2.75) is 25.2 Å². The van der Waals surface area contributed by atoms with Crippen molar-refractivity contribution >= 4 is 21.5 Å². The number of sulfonamides is 1. The zero-order valence-electron chi connectivity index (χ0n) is 12.0. The van der Waals surface area contributed by atoms with Gasteiger partial charge in [0.05, 0.1) is 10.6 Å². The summed E-state index contributed by atoms with van der Waals surface area (Å²) in [5, 5.41) is 3.07. The van der Waals surface area contributed by atoms with Crippen LogP contribution in [0.25, 0.3) is 0 Å². The highest BCUT2D eigenvalue weighted by molar-refractivity contribution is 7.92. The van der Waals surface area contributed by atoms with Gasteiger partial charge < -0.3 is 5.32 Å². The number of hydrogen-bond donors (Lipinski definition) is 2. The second kappa shape index (κ2) is 6.53. The fourth-order valence-corrected chi connectivity index (χ4v) is 2.86. The molecule has 0 aliphatic rings. The van der Waals surface area contributed by atoms with Crippen LogP contribution < -0.4 is 10.0 Å². The van der Waals surface area contributed by atoms with E-state index in [1.165, 1.54) is 18.3 Å². The van der Waals surface area contributed by atoms with E-state index >= 15 is 0 Å². The minimum absolute atomic E-state index is 0.173. The van der Waals surface area contributed by atoms with Crippen LogP contribution in [0.4, 0.5) is 11.5 Å². The molecule has 0 saturated carbocycles. The summed E-state index contributed by atoms with van der Waals surface area (Å²) < 4.78 is 27.3. The number of hydrogen-bond acceptors (Lipinski definition) is 5. The molecular formula is C14H18N4O2S. The molecule has 21 heavy (non-hydrogen) atoms. The van der Waals surface area contributed by atoms with Crippen LogP contribution in [0.1, 0.15) is 18.9 Å². The quantitative estimate of drug-likeness (QED) is 0.856. The van der Waals surface area contributed by atoms with Crippen molar-refractivity contribution in [3.63, 3.8) is 0 Å². The van der Waals surface area contributed by atoms with E-state index < -0.39 is 10.0 Å². The molecule has 0 bridgehead atoms. The van der Waals surface area contributed by atoms with Crippen LogP contribution in [0.2, 0.25) is 0 Å². The number of pyridine rings is 2. The summed E-state index contributed by atoms with van der Waals surface area (Å²) in [6.45, 7) is 4.57. The number of aromatic nitrogens is 2. The topological polar surface area (TPSA) is 84.0 Å². The van der Waals surface area contributed by atoms with E-state index in [2.05, 4.69) is 20.0 Å². The van der Waals surface area contributed by atoms with Gasteiger partial charge in [0, 0.05) is 31.2 Å². The number of anilines is 2. The second-order valence-electron chi connectivity index (χ2n) is 4.60. The normalized spacial score (nSPS) is 11.1. The van der Waals surface area contributed by atoms with E-state index in [9.17, 15) is 8.42 Å². The van der Waals surface area contributed by atoms with E-state index in [1.807, 2.05) is 6.92 Å². The molecule has 2 rings (SSSR count). The maximum atomic E-state index is 12.4. The molecule has 2 N–H and O–H groups in total. The van der Waals surface area contributed by atoms with Gasteiger partial charge in [-0.2, -0.15) is 0 Å². The summed E-state index contributed by atoms with van der Waals surface area (Å²) in [5.41, 5.74) is 1.28. The van der Waals surface area contributed by atoms with Crippen molar-refractivity contribution in [1.82, 2.24) is 9.97 Å². The number of nitrogens with zero attached hydrogens (tertiary/aromatic N) is 2. The van der Waals surface area contributed by atoms with E-state index in [0.717, 1.165) is 18.5 Å². The van der Waals surface area contributed by atoms with E-state index in [1.54, 1.807) is 25.4 Å². The lowest BCUT2D eigenvalue weighted by atomic mass is 10.3. The minimum Gasteiger partial charge on any atom is -0.370 e. The van der Waals surface area contributed by atoms with Gasteiger partial charge >= 0.3 is 0 Å². The van der Waals surface area contributed by atoms with Gasteiger partial charge in [0.1, 0.15) is 5.82 Å². The summed E-state index contributed by atoms with van der Waals surface area (Å²) in [7, 11) is -3.64. The van der Waals surface area contributed by atoms with Crippen molar-refractivity contribution in [3.05, 3.63) is 42.4 Å². The molecule has 0 amide bonds. The van der Waals surface area contributed by atoms with Crippen molar-refractivity contribution in [3.8, 4) is 0 Å². The van der Waals surface area contributed by atoms with E-state index in [-0.39, 0.29) is 4.90 Å². The van der Waals surface area contributed by atoms with Gasteiger partial charge in [-0.05, 0) is 31.0 Å². The summed E-state index contributed by atoms with van der Waals surface area (Å²) in [5.74, 6) is 0.547. The first-order valence-electron chi connectivity index (χ1n) is 6.66. The predicted octanol–water partition coefficient (Wildman–Crippen LogP) is 2.41. The summed E-state index contributed by atoms with van der Waals surface area (Å²) in [4.78, 5) is 8.22. The van der Waals surface area contributed by atoms with Crippen LogP contribution in [0.3, 0.4) is 0 Å². The average molecular weight is 306 g/mol. The number of rotatable bonds is 6. The molecule has 6 nitrogen and oxygen atoms in total. The SMILES string of the molecule is CCCNc1cc(S(=O)(=O)Nc2ccncc2C)ccn1. The molecule has 0 radical (unpaired) electrons. The van der Waals surface area contributed by atoms with Gasteiger partial charge in [0.25, 0.3) is 10.0 Å². The van der Waals surface area contributed by atoms with Gasteiger partial charge in [-0.3, -0.25) is 9.71 Å². The van der Waals surface area contributed by atoms with Gasteiger partial charge in [0.15, 0.2) is 0 Å². The maximum Gasteiger partial charge on any atom is 0.262 e. The van der Waals surface area contributed by atoms with Crippen LogP contribution in [0.15, 0.2) is 41.7 Å². The molecule has 0 spiro atoms. The molecule has 0 aliphatic carbocycles. The molecule has 7 heteroatoms. The first-order valence-corrected chi connectivity index (χ1v) is 8.14. The Labute approximate surface area is 124 Å². The Morgan fingerprint density at radius 2 is 2.05 bits per heavy atom. The molecule has 2 heterocycles. The molecule has 0 atom stereocenters. The highest BCUT2D eigenvalue weighted by Gasteiger charge is 2.16. The molecule has 0 aromatic carbocycles. The largest absolute Gasteiger partial charge is 0.370 e. The lowest BCUT2D eigenvalue weighted by Crippen LogP contribution is -2.14. The van der Waals surface area contributed by atoms with Gasteiger partial charge in [-0.15, -0.1) is 0 Å². The third-order valence-electron chi connectivity index (χ3n) is 2.86. The fourth-order valence-electron chi connectivity index (χ4n) is 1.72. The molecule has 2 aromatic rings. The number of aryl methyl sites for hydroxylation is 1. The summed E-state index contributed by atoms with van der Waals surface area (Å²) in [6.07, 6.45) is 5.57. The molecular weight excluding hydrogens is 288 g/mol. The van der Waals surface area contributed by atoms with E-state index in [4.69, 9.17) is 0 Å². The average Bonchev–Trinajstić information content (AvgIpc) is 2.48. The number of nitrogens with one attached hydrogen (secondary N) is 2. The molecule has 0 fully saturated rings. The monoisotopic (exact) mass is 306 g/mol. The fraction of sp³-hybridized carbons (Fsp3) is 0.286. The summed E-state index contributed by atoms with van der Waals surface area (Å²) >= 11 is 0. The third kappa shape index (κ3) is 3.91. The third-order valence-corrected chi connectivity index (χ3v) is 4.23. The predicted molar refractivity (Wildman–Crippen MR) is 82.8 cm³/mol. The minimum atomic E-state index is -3.64. The Balaban J connectivity index is 2.25. The van der Waals surface area contributed by atoms with Crippen LogP contribution in [0.5, 0.6) is 0 Å². The van der Waals surface area contributed by atoms with Crippen LogP contribution in [0, 0.1) is 6.92 Å². The first kappa shape index (κ1) is 15.2. The zero-order valence-corrected chi connectivity index (χ0v) is 12.8. The lowest BCUT2D eigenvalue weighted by Gasteiger charge is -2.11. The van der Waals surface area contributed by atoms with Crippen molar-refractivity contribution < 1.29 is 8.42 Å². The highest BCUT2D eigenvalue weighted by Crippen LogP contribution is 2.19. The smallest absolute Gasteiger partial charge is 0.262 e. The van der Waals surface area contributed by atoms with Crippen molar-refractivity contribution in [1.29, 1.82) is 0 Å². The maximum absolute atomic E-state index is 12.4. The Morgan fingerprint density at radius 1 is 1.24 bits per heavy atom. The second-order valence-corrected chi connectivity index (χ2v) is 6.28. The zero-order chi connectivity index (χ0) is 15.3. The van der Waals surface area contributed by atoms with Gasteiger partial charge in [0.2, 0.25) is 0 Å². The van der Waals surface area contributed by atoms with Crippen molar-refractivity contribution in [2.75, 3.05) is 16.6 Å². The van der Waals surface area contributed by atoms with Crippen LogP contribution >= 0.6 is 0 Å². The van der Waals surface area contributed by atoms with Crippen molar-refractivity contribution in [2.24, 2.45) is 0 Å². The standard InChI is InChI=1S/C14H18N4O2S/c1-3-6-16-14-9-12(4-8-17-14)21(19,20)18-13-5-7-15-10-11(13)2/h4-5,7-10H,3,6H2,1-2H3,(H,15,18)(H,16,17). The molecule has 112 valence electrons. The Bertz CT molecular complexity index is 716. The van der Waals surface area contributed by atoms with Crippen LogP contribution in [-0.4, -0.2) is 24.9 Å². The molecule has 0 aliphatic heterocycles. The Kier molecular flexibility index (Phi) is 4.74. The van der Waals surface area contributed by atoms with Gasteiger partial charge in [-0.25, -0.2) is 13.4 Å². The highest BCUT2D eigenvalue weighted by atomic mass is 32.2. The van der Waals surface area contributed by atoms with E-state index in [0.29, 0.717) is 11.5 Å². The molecule has 0 saturated heterocycles. The van der Waals surface area contributed by atoms with Gasteiger partial charge in [-0.1, -0.05) is 6.92 Å². The molecule has 0 unspecified atom stereocenters.